The fourth-order valence-electron chi connectivity index (χ4n) is 2.27. The van der Waals surface area contributed by atoms with Gasteiger partial charge in [-0.25, -0.2) is 0 Å². The first kappa shape index (κ1) is 14.9. The van der Waals surface area contributed by atoms with Crippen LogP contribution in [0.25, 0.3) is 11.3 Å². The lowest BCUT2D eigenvalue weighted by atomic mass is 10.1. The predicted octanol–water partition coefficient (Wildman–Crippen LogP) is 3.38. The summed E-state index contributed by atoms with van der Waals surface area (Å²) in [5.41, 5.74) is 4.73. The van der Waals surface area contributed by atoms with Gasteiger partial charge in [0.2, 0.25) is 0 Å². The summed E-state index contributed by atoms with van der Waals surface area (Å²) >= 11 is 0. The molecule has 3 rings (SSSR count). The molecule has 0 bridgehead atoms. The molecule has 114 valence electrons. The fourth-order valence-corrected chi connectivity index (χ4v) is 2.27. The molecule has 0 spiro atoms. The van der Waals surface area contributed by atoms with Crippen molar-refractivity contribution in [1.82, 2.24) is 15.3 Å². The van der Waals surface area contributed by atoms with Crippen LogP contribution in [-0.2, 0) is 6.54 Å². The Kier molecular flexibility index (Phi) is 4.43. The number of aryl methyl sites for hydroxylation is 1. The van der Waals surface area contributed by atoms with Crippen LogP contribution in [0.1, 0.15) is 21.5 Å². The van der Waals surface area contributed by atoms with Crippen LogP contribution in [0.2, 0.25) is 0 Å². The van der Waals surface area contributed by atoms with E-state index in [9.17, 15) is 4.79 Å². The molecule has 4 heteroatoms. The van der Waals surface area contributed by atoms with Crippen molar-refractivity contribution in [3.63, 3.8) is 0 Å². The van der Waals surface area contributed by atoms with Crippen LogP contribution in [0.3, 0.4) is 0 Å². The maximum absolute atomic E-state index is 12.2. The number of rotatable bonds is 4. The lowest BCUT2D eigenvalue weighted by Crippen LogP contribution is -2.22. The maximum atomic E-state index is 12.2. The van der Waals surface area contributed by atoms with E-state index in [1.54, 1.807) is 18.6 Å². The second-order valence-corrected chi connectivity index (χ2v) is 5.33. The monoisotopic (exact) mass is 303 g/mol. The van der Waals surface area contributed by atoms with Crippen molar-refractivity contribution in [2.24, 2.45) is 0 Å². The molecule has 0 aliphatic rings. The van der Waals surface area contributed by atoms with Crippen molar-refractivity contribution in [3.8, 4) is 11.3 Å². The minimum absolute atomic E-state index is 0.0921. The van der Waals surface area contributed by atoms with Crippen molar-refractivity contribution < 1.29 is 4.79 Å². The van der Waals surface area contributed by atoms with E-state index >= 15 is 0 Å². The van der Waals surface area contributed by atoms with Crippen LogP contribution < -0.4 is 5.32 Å². The van der Waals surface area contributed by atoms with Gasteiger partial charge in [0.1, 0.15) is 0 Å². The zero-order valence-corrected chi connectivity index (χ0v) is 12.9. The van der Waals surface area contributed by atoms with Crippen LogP contribution in [0.5, 0.6) is 0 Å². The van der Waals surface area contributed by atoms with Crippen LogP contribution in [0, 0.1) is 6.92 Å². The summed E-state index contributed by atoms with van der Waals surface area (Å²) in [5.74, 6) is -0.0921. The normalized spacial score (nSPS) is 10.3. The average Bonchev–Trinajstić information content (AvgIpc) is 2.61. The van der Waals surface area contributed by atoms with Gasteiger partial charge in [-0.3, -0.25) is 14.8 Å². The molecule has 23 heavy (non-hydrogen) atoms. The minimum atomic E-state index is -0.0921. The third kappa shape index (κ3) is 3.80. The molecule has 0 atom stereocenters. The number of benzene rings is 1. The van der Waals surface area contributed by atoms with E-state index in [1.807, 2.05) is 55.5 Å². The highest BCUT2D eigenvalue weighted by molar-refractivity contribution is 5.94. The van der Waals surface area contributed by atoms with E-state index in [-0.39, 0.29) is 5.91 Å². The number of carbonyl (C=O) groups excluding carboxylic acids is 1. The van der Waals surface area contributed by atoms with Gasteiger partial charge in [0, 0.05) is 36.3 Å². The summed E-state index contributed by atoms with van der Waals surface area (Å²) in [4.78, 5) is 20.5. The quantitative estimate of drug-likeness (QED) is 0.804. The van der Waals surface area contributed by atoms with Gasteiger partial charge in [0.05, 0.1) is 5.69 Å². The van der Waals surface area contributed by atoms with Gasteiger partial charge in [0.15, 0.2) is 0 Å². The average molecular weight is 303 g/mol. The molecule has 0 saturated heterocycles. The van der Waals surface area contributed by atoms with Crippen molar-refractivity contribution >= 4 is 5.91 Å². The molecule has 0 fully saturated rings. The summed E-state index contributed by atoms with van der Waals surface area (Å²) in [5, 5.41) is 2.90. The summed E-state index contributed by atoms with van der Waals surface area (Å²) in [6.07, 6.45) is 5.22. The van der Waals surface area contributed by atoms with E-state index < -0.39 is 0 Å². The van der Waals surface area contributed by atoms with E-state index in [0.29, 0.717) is 12.1 Å². The zero-order chi connectivity index (χ0) is 16.1. The van der Waals surface area contributed by atoms with Gasteiger partial charge in [-0.15, -0.1) is 0 Å². The van der Waals surface area contributed by atoms with Gasteiger partial charge in [-0.2, -0.15) is 0 Å². The molecule has 0 aliphatic heterocycles. The lowest BCUT2D eigenvalue weighted by molar-refractivity contribution is 0.0951. The largest absolute Gasteiger partial charge is 0.348 e. The number of hydrogen-bond acceptors (Lipinski definition) is 3. The number of pyridine rings is 2. The number of nitrogens with zero attached hydrogens (tertiary/aromatic N) is 2. The number of hydrogen-bond donors (Lipinski definition) is 1. The molecule has 0 saturated carbocycles. The van der Waals surface area contributed by atoms with Crippen molar-refractivity contribution in [3.05, 3.63) is 83.8 Å². The van der Waals surface area contributed by atoms with Crippen LogP contribution in [-0.4, -0.2) is 15.9 Å². The topological polar surface area (TPSA) is 54.9 Å². The number of carbonyl (C=O) groups is 1. The third-order valence-corrected chi connectivity index (χ3v) is 3.56. The Labute approximate surface area is 135 Å². The predicted molar refractivity (Wildman–Crippen MR) is 89.8 cm³/mol. The van der Waals surface area contributed by atoms with Gasteiger partial charge < -0.3 is 5.32 Å². The Morgan fingerprint density at radius 1 is 1.00 bits per heavy atom. The Morgan fingerprint density at radius 3 is 2.43 bits per heavy atom. The molecule has 0 radical (unpaired) electrons. The molecule has 3 aromatic rings. The van der Waals surface area contributed by atoms with E-state index in [0.717, 1.165) is 22.4 Å². The molecule has 0 aliphatic carbocycles. The molecule has 1 amide bonds. The third-order valence-electron chi connectivity index (χ3n) is 3.56. The molecule has 2 aromatic heterocycles. The Morgan fingerprint density at radius 2 is 1.74 bits per heavy atom. The van der Waals surface area contributed by atoms with Crippen LogP contribution in [0.4, 0.5) is 0 Å². The highest BCUT2D eigenvalue weighted by Gasteiger charge is 2.06. The van der Waals surface area contributed by atoms with Gasteiger partial charge in [-0.05, 0) is 54.4 Å². The second kappa shape index (κ2) is 6.83. The van der Waals surface area contributed by atoms with E-state index in [2.05, 4.69) is 15.3 Å². The molecule has 2 heterocycles. The SMILES string of the molecule is Cc1ccnc(-c2ccc(C(=O)NCc3ccncc3)cc2)c1. The maximum Gasteiger partial charge on any atom is 0.251 e. The lowest BCUT2D eigenvalue weighted by Gasteiger charge is -2.06. The summed E-state index contributed by atoms with van der Waals surface area (Å²) < 4.78 is 0. The molecular formula is C19H17N3O. The highest BCUT2D eigenvalue weighted by Crippen LogP contribution is 2.18. The fraction of sp³-hybridized carbons (Fsp3) is 0.105. The van der Waals surface area contributed by atoms with Crippen molar-refractivity contribution in [1.29, 1.82) is 0 Å². The Hall–Kier alpha value is -3.01. The Balaban J connectivity index is 1.68. The standard InChI is InChI=1S/C19H17N3O/c1-14-6-11-21-18(12-14)16-2-4-17(5-3-16)19(23)22-13-15-7-9-20-10-8-15/h2-12H,13H2,1H3,(H,22,23). The van der Waals surface area contributed by atoms with Crippen LogP contribution >= 0.6 is 0 Å². The first-order chi connectivity index (χ1) is 11.2. The van der Waals surface area contributed by atoms with E-state index in [4.69, 9.17) is 0 Å². The molecular weight excluding hydrogens is 286 g/mol. The number of amides is 1. The van der Waals surface area contributed by atoms with Crippen LogP contribution in [0.15, 0.2) is 67.1 Å². The number of nitrogens with one attached hydrogen (secondary N) is 1. The van der Waals surface area contributed by atoms with Gasteiger partial charge >= 0.3 is 0 Å². The second-order valence-electron chi connectivity index (χ2n) is 5.33. The van der Waals surface area contributed by atoms with Gasteiger partial charge in [0.25, 0.3) is 5.91 Å². The summed E-state index contributed by atoms with van der Waals surface area (Å²) in [6.45, 7) is 2.52. The number of aromatic nitrogens is 2. The summed E-state index contributed by atoms with van der Waals surface area (Å²) in [6, 6.07) is 15.2. The molecule has 4 nitrogen and oxygen atoms in total. The van der Waals surface area contributed by atoms with Crippen molar-refractivity contribution in [2.45, 2.75) is 13.5 Å². The molecule has 1 N–H and O–H groups in total. The van der Waals surface area contributed by atoms with Gasteiger partial charge in [-0.1, -0.05) is 12.1 Å². The van der Waals surface area contributed by atoms with Crippen molar-refractivity contribution in [2.75, 3.05) is 0 Å². The smallest absolute Gasteiger partial charge is 0.251 e. The highest BCUT2D eigenvalue weighted by atomic mass is 16.1. The van der Waals surface area contributed by atoms with E-state index in [1.165, 1.54) is 0 Å². The summed E-state index contributed by atoms with van der Waals surface area (Å²) in [7, 11) is 0. The molecule has 1 aromatic carbocycles. The zero-order valence-electron chi connectivity index (χ0n) is 12.9. The first-order valence-electron chi connectivity index (χ1n) is 7.42. The minimum Gasteiger partial charge on any atom is -0.348 e. The first-order valence-corrected chi connectivity index (χ1v) is 7.42. The molecule has 0 unspecified atom stereocenters. The Bertz CT molecular complexity index is 798.